The Morgan fingerprint density at radius 2 is 1.84 bits per heavy atom. The smallest absolute Gasteiger partial charge is 0.274 e. The lowest BCUT2D eigenvalue weighted by molar-refractivity contribution is 0.0958. The van der Waals surface area contributed by atoms with Crippen LogP contribution in [0.3, 0.4) is 0 Å². The van der Waals surface area contributed by atoms with Gasteiger partial charge in [0.25, 0.3) is 5.91 Å². The zero-order chi connectivity index (χ0) is 22.4. The van der Waals surface area contributed by atoms with E-state index in [-0.39, 0.29) is 34.4 Å². The molecule has 1 heterocycles. The fraction of sp³-hybridized carbons (Fsp3) is 0.217. The Morgan fingerprint density at radius 3 is 2.52 bits per heavy atom. The van der Waals surface area contributed by atoms with Gasteiger partial charge in [-0.1, -0.05) is 36.7 Å². The number of halogens is 1. The largest absolute Gasteiger partial charge is 0.495 e. The summed E-state index contributed by atoms with van der Waals surface area (Å²) in [5.41, 5.74) is 1.95. The second-order valence-electron chi connectivity index (χ2n) is 6.87. The molecule has 0 radical (unpaired) electrons. The number of H-pyrrole nitrogens is 1. The number of anilines is 1. The number of imidazole rings is 1. The molecule has 0 bridgehead atoms. The molecule has 0 aliphatic carbocycles. The van der Waals surface area contributed by atoms with E-state index in [2.05, 4.69) is 15.3 Å². The number of aromatic amines is 1. The average Bonchev–Trinajstić information content (AvgIpc) is 3.26. The van der Waals surface area contributed by atoms with Crippen LogP contribution in [-0.2, 0) is 6.42 Å². The van der Waals surface area contributed by atoms with Crippen molar-refractivity contribution in [3.63, 3.8) is 0 Å². The van der Waals surface area contributed by atoms with Crippen LogP contribution in [-0.4, -0.2) is 34.6 Å². The third kappa shape index (κ3) is 5.19. The molecule has 7 nitrogen and oxygen atoms in total. The third-order valence-electron chi connectivity index (χ3n) is 4.67. The number of carbonyl (C=O) groups is 3. The number of ketones is 2. The van der Waals surface area contributed by atoms with Crippen LogP contribution in [0.15, 0.2) is 48.8 Å². The van der Waals surface area contributed by atoms with Crippen molar-refractivity contribution in [1.29, 1.82) is 0 Å². The number of amides is 1. The Kier molecular flexibility index (Phi) is 7.20. The van der Waals surface area contributed by atoms with Crippen molar-refractivity contribution in [3.8, 4) is 5.75 Å². The summed E-state index contributed by atoms with van der Waals surface area (Å²) in [6, 6.07) is 11.9. The number of nitrogens with zero attached hydrogens (tertiary/aromatic N) is 1. The standard InChI is InChI=1S/C23H22ClN3O4/c1-3-5-17(28)21-22(26-13-25-21)23(30)27-15-10-8-14(9-11-15)12-18(29)16-6-4-7-19(31-2)20(16)24/h4,6-11,13H,3,5,12H2,1-2H3,(H,25,26)(H,27,30). The number of benzene rings is 2. The number of hydrogen-bond acceptors (Lipinski definition) is 5. The molecule has 0 saturated heterocycles. The molecule has 1 amide bonds. The molecule has 160 valence electrons. The quantitative estimate of drug-likeness (QED) is 0.469. The highest BCUT2D eigenvalue weighted by Crippen LogP contribution is 2.28. The molecular weight excluding hydrogens is 418 g/mol. The minimum Gasteiger partial charge on any atom is -0.495 e. The predicted molar refractivity (Wildman–Crippen MR) is 118 cm³/mol. The number of Topliss-reactive ketones (excluding diaryl/α,β-unsaturated/α-hetero) is 2. The summed E-state index contributed by atoms with van der Waals surface area (Å²) in [5.74, 6) is -0.332. The van der Waals surface area contributed by atoms with Crippen molar-refractivity contribution in [2.75, 3.05) is 12.4 Å². The number of hydrogen-bond donors (Lipinski definition) is 2. The number of rotatable bonds is 9. The monoisotopic (exact) mass is 439 g/mol. The van der Waals surface area contributed by atoms with E-state index in [1.54, 1.807) is 42.5 Å². The van der Waals surface area contributed by atoms with Gasteiger partial charge in [-0.15, -0.1) is 0 Å². The predicted octanol–water partition coefficient (Wildman–Crippen LogP) is 4.73. The minimum atomic E-state index is -0.455. The van der Waals surface area contributed by atoms with Crippen molar-refractivity contribution in [2.24, 2.45) is 0 Å². The molecule has 0 atom stereocenters. The summed E-state index contributed by atoms with van der Waals surface area (Å²) in [7, 11) is 1.49. The van der Waals surface area contributed by atoms with E-state index in [9.17, 15) is 14.4 Å². The molecule has 0 aliphatic rings. The number of carbonyl (C=O) groups excluding carboxylic acids is 3. The van der Waals surface area contributed by atoms with Crippen molar-refractivity contribution in [1.82, 2.24) is 9.97 Å². The van der Waals surface area contributed by atoms with Crippen molar-refractivity contribution >= 4 is 34.8 Å². The first-order valence-corrected chi connectivity index (χ1v) is 10.1. The Labute approximate surface area is 184 Å². The van der Waals surface area contributed by atoms with Gasteiger partial charge in [0.1, 0.15) is 17.1 Å². The van der Waals surface area contributed by atoms with Crippen LogP contribution < -0.4 is 10.1 Å². The average molecular weight is 440 g/mol. The van der Waals surface area contributed by atoms with E-state index in [1.807, 2.05) is 6.92 Å². The molecule has 2 aromatic carbocycles. The fourth-order valence-corrected chi connectivity index (χ4v) is 3.40. The van der Waals surface area contributed by atoms with Crippen LogP contribution in [0, 0.1) is 0 Å². The van der Waals surface area contributed by atoms with Crippen molar-refractivity contribution < 1.29 is 19.1 Å². The molecule has 0 unspecified atom stereocenters. The second-order valence-corrected chi connectivity index (χ2v) is 7.25. The maximum atomic E-state index is 12.6. The lowest BCUT2D eigenvalue weighted by Gasteiger charge is -2.09. The molecule has 3 rings (SSSR count). The van der Waals surface area contributed by atoms with E-state index in [0.29, 0.717) is 29.8 Å². The Morgan fingerprint density at radius 1 is 1.10 bits per heavy atom. The zero-order valence-corrected chi connectivity index (χ0v) is 18.0. The summed E-state index contributed by atoms with van der Waals surface area (Å²) in [6.07, 6.45) is 2.48. The van der Waals surface area contributed by atoms with E-state index < -0.39 is 5.91 Å². The summed E-state index contributed by atoms with van der Waals surface area (Å²) in [6.45, 7) is 1.89. The summed E-state index contributed by atoms with van der Waals surface area (Å²) < 4.78 is 5.15. The second kappa shape index (κ2) is 10.0. The molecule has 1 aromatic heterocycles. The number of ether oxygens (including phenoxy) is 1. The third-order valence-corrected chi connectivity index (χ3v) is 5.06. The number of methoxy groups -OCH3 is 1. The molecular formula is C23H22ClN3O4. The normalized spacial score (nSPS) is 10.5. The summed E-state index contributed by atoms with van der Waals surface area (Å²) in [5, 5.41) is 3.02. The Hall–Kier alpha value is -3.45. The molecule has 0 fully saturated rings. The first kappa shape index (κ1) is 22.2. The van der Waals surface area contributed by atoms with E-state index in [1.165, 1.54) is 13.4 Å². The lowest BCUT2D eigenvalue weighted by atomic mass is 10.0. The number of nitrogens with one attached hydrogen (secondary N) is 2. The summed E-state index contributed by atoms with van der Waals surface area (Å²) in [4.78, 5) is 44.0. The van der Waals surface area contributed by atoms with Crippen molar-refractivity contribution in [2.45, 2.75) is 26.2 Å². The van der Waals surface area contributed by atoms with E-state index in [0.717, 1.165) is 5.56 Å². The molecule has 0 saturated carbocycles. The first-order chi connectivity index (χ1) is 14.9. The van der Waals surface area contributed by atoms with Crippen LogP contribution >= 0.6 is 11.6 Å². The minimum absolute atomic E-state index is 0.130. The van der Waals surface area contributed by atoms with Gasteiger partial charge in [0, 0.05) is 24.1 Å². The van der Waals surface area contributed by atoms with Gasteiger partial charge in [-0.05, 0) is 36.2 Å². The van der Waals surface area contributed by atoms with Gasteiger partial charge in [0.2, 0.25) is 0 Å². The van der Waals surface area contributed by atoms with Crippen LogP contribution in [0.4, 0.5) is 5.69 Å². The van der Waals surface area contributed by atoms with Crippen LogP contribution in [0.5, 0.6) is 5.75 Å². The van der Waals surface area contributed by atoms with Crippen LogP contribution in [0.1, 0.15) is 56.7 Å². The highest BCUT2D eigenvalue weighted by molar-refractivity contribution is 6.35. The van der Waals surface area contributed by atoms with Crippen LogP contribution in [0.2, 0.25) is 5.02 Å². The summed E-state index contributed by atoms with van der Waals surface area (Å²) >= 11 is 6.23. The lowest BCUT2D eigenvalue weighted by Crippen LogP contribution is -2.16. The van der Waals surface area contributed by atoms with Gasteiger partial charge in [0.15, 0.2) is 11.6 Å². The molecule has 2 N–H and O–H groups in total. The van der Waals surface area contributed by atoms with Gasteiger partial charge in [-0.2, -0.15) is 0 Å². The maximum Gasteiger partial charge on any atom is 0.274 e. The van der Waals surface area contributed by atoms with Crippen molar-refractivity contribution in [3.05, 3.63) is 76.3 Å². The van der Waals surface area contributed by atoms with Gasteiger partial charge in [0.05, 0.1) is 18.5 Å². The first-order valence-electron chi connectivity index (χ1n) is 9.77. The SMILES string of the molecule is CCCC(=O)c1nc[nH]c1C(=O)Nc1ccc(CC(=O)c2cccc(OC)c2Cl)cc1. The van der Waals surface area contributed by atoms with E-state index >= 15 is 0 Å². The zero-order valence-electron chi connectivity index (χ0n) is 17.2. The molecule has 8 heteroatoms. The van der Waals surface area contributed by atoms with Gasteiger partial charge in [-0.25, -0.2) is 4.98 Å². The highest BCUT2D eigenvalue weighted by atomic mass is 35.5. The maximum absolute atomic E-state index is 12.6. The topological polar surface area (TPSA) is 101 Å². The fourth-order valence-electron chi connectivity index (χ4n) is 3.09. The van der Waals surface area contributed by atoms with Gasteiger partial charge in [-0.3, -0.25) is 14.4 Å². The van der Waals surface area contributed by atoms with Crippen LogP contribution in [0.25, 0.3) is 0 Å². The molecule has 31 heavy (non-hydrogen) atoms. The Bertz CT molecular complexity index is 1110. The van der Waals surface area contributed by atoms with Gasteiger partial charge >= 0.3 is 0 Å². The van der Waals surface area contributed by atoms with E-state index in [4.69, 9.17) is 16.3 Å². The Balaban J connectivity index is 1.67. The molecule has 0 aliphatic heterocycles. The molecule has 3 aromatic rings. The van der Waals surface area contributed by atoms with Gasteiger partial charge < -0.3 is 15.0 Å². The number of aromatic nitrogens is 2. The molecule has 0 spiro atoms. The highest BCUT2D eigenvalue weighted by Gasteiger charge is 2.20.